The van der Waals surface area contributed by atoms with E-state index >= 15 is 0 Å². The van der Waals surface area contributed by atoms with Crippen LogP contribution >= 0.6 is 0 Å². The molecule has 36 heavy (non-hydrogen) atoms. The van der Waals surface area contributed by atoms with Crippen LogP contribution in [0.25, 0.3) is 0 Å². The van der Waals surface area contributed by atoms with E-state index < -0.39 is 34.1 Å². The number of aliphatic hydroxyl groups excluding tert-OH is 2. The van der Waals surface area contributed by atoms with Crippen molar-refractivity contribution in [3.05, 3.63) is 44.8 Å². The van der Waals surface area contributed by atoms with Crippen molar-refractivity contribution in [2.24, 2.45) is 16.7 Å². The fraction of sp³-hybridized carbons (Fsp3) is 0.667. The van der Waals surface area contributed by atoms with E-state index in [0.29, 0.717) is 25.2 Å². The Morgan fingerprint density at radius 2 is 1.69 bits per heavy atom. The van der Waals surface area contributed by atoms with Crippen molar-refractivity contribution < 1.29 is 29.6 Å². The van der Waals surface area contributed by atoms with Crippen molar-refractivity contribution in [3.63, 3.8) is 0 Å². The third-order valence-corrected chi connectivity index (χ3v) is 9.79. The number of carbonyl (C=O) groups excluding carboxylic acids is 2. The molecule has 4 atom stereocenters. The summed E-state index contributed by atoms with van der Waals surface area (Å²) in [5.74, 6) is -0.896. The van der Waals surface area contributed by atoms with Gasteiger partial charge >= 0.3 is 0 Å². The number of fused-ring (bicyclic) bond motifs is 3. The Hall–Kier alpha value is -2.02. The van der Waals surface area contributed by atoms with E-state index in [1.54, 1.807) is 6.92 Å². The monoisotopic (exact) mass is 496 g/mol. The number of allylic oxidation sites excluding steroid dienone is 4. The lowest BCUT2D eigenvalue weighted by molar-refractivity contribution is -0.172. The Kier molecular flexibility index (Phi) is 6.05. The van der Waals surface area contributed by atoms with Gasteiger partial charge in [-0.25, -0.2) is 0 Å². The van der Waals surface area contributed by atoms with E-state index in [9.17, 15) is 24.9 Å². The summed E-state index contributed by atoms with van der Waals surface area (Å²) in [7, 11) is 0. The summed E-state index contributed by atoms with van der Waals surface area (Å²) in [5.41, 5.74) is 1.36. The Labute approximate surface area is 213 Å². The van der Waals surface area contributed by atoms with Gasteiger partial charge in [0, 0.05) is 40.8 Å². The van der Waals surface area contributed by atoms with E-state index in [-0.39, 0.29) is 16.9 Å². The van der Waals surface area contributed by atoms with Crippen LogP contribution < -0.4 is 0 Å². The molecule has 6 nitrogen and oxygen atoms in total. The van der Waals surface area contributed by atoms with Gasteiger partial charge in [0.1, 0.15) is 5.76 Å². The number of hydrogen-bond acceptors (Lipinski definition) is 6. The number of carbonyl (C=O) groups is 2. The van der Waals surface area contributed by atoms with Crippen molar-refractivity contribution >= 4 is 11.6 Å². The summed E-state index contributed by atoms with van der Waals surface area (Å²) in [6, 6.07) is 0. The first kappa shape index (κ1) is 25.6. The summed E-state index contributed by atoms with van der Waals surface area (Å²) >= 11 is 0. The fourth-order valence-electron chi connectivity index (χ4n) is 8.18. The zero-order chi connectivity index (χ0) is 26.2. The topological polar surface area (TPSA) is 104 Å². The van der Waals surface area contributed by atoms with Crippen LogP contribution in [0.3, 0.4) is 0 Å². The molecule has 0 aromatic carbocycles. The highest BCUT2D eigenvalue weighted by molar-refractivity contribution is 6.25. The Morgan fingerprint density at radius 1 is 1.03 bits per heavy atom. The van der Waals surface area contributed by atoms with E-state index in [1.165, 1.54) is 12.5 Å². The molecule has 0 radical (unpaired) electrons. The maximum absolute atomic E-state index is 14.2. The molecule has 0 amide bonds. The highest BCUT2D eigenvalue weighted by Crippen LogP contribution is 2.63. The lowest BCUT2D eigenvalue weighted by Crippen LogP contribution is -2.67. The molecule has 6 heteroatoms. The van der Waals surface area contributed by atoms with Crippen LogP contribution in [-0.4, -0.2) is 51.8 Å². The molecular weight excluding hydrogens is 456 g/mol. The summed E-state index contributed by atoms with van der Waals surface area (Å²) < 4.78 is 5.56. The molecular formula is C30H40O6. The van der Waals surface area contributed by atoms with E-state index in [4.69, 9.17) is 4.74 Å². The molecule has 2 fully saturated rings. The van der Waals surface area contributed by atoms with Gasteiger partial charge in [0.2, 0.25) is 11.6 Å². The molecule has 5 rings (SSSR count). The Bertz CT molecular complexity index is 1160. The van der Waals surface area contributed by atoms with E-state index in [2.05, 4.69) is 0 Å². The Balaban J connectivity index is 1.65. The minimum atomic E-state index is -2.29. The molecule has 1 saturated carbocycles. The molecule has 0 bridgehead atoms. The first-order chi connectivity index (χ1) is 16.8. The summed E-state index contributed by atoms with van der Waals surface area (Å²) in [4.78, 5) is 27.8. The molecule has 0 aromatic rings. The minimum Gasteiger partial charge on any atom is -0.507 e. The van der Waals surface area contributed by atoms with Crippen molar-refractivity contribution in [1.82, 2.24) is 0 Å². The third-order valence-electron chi connectivity index (χ3n) is 9.79. The summed E-state index contributed by atoms with van der Waals surface area (Å²) in [6.45, 7) is 10.7. The molecule has 0 aromatic heterocycles. The maximum Gasteiger partial charge on any atom is 0.203 e. The third kappa shape index (κ3) is 3.48. The maximum atomic E-state index is 14.2. The lowest BCUT2D eigenvalue weighted by Gasteiger charge is -2.57. The number of ether oxygens (including phenoxy) is 1. The minimum absolute atomic E-state index is 0.0569. The van der Waals surface area contributed by atoms with Crippen LogP contribution in [0.5, 0.6) is 0 Å². The highest BCUT2D eigenvalue weighted by Gasteiger charge is 2.69. The van der Waals surface area contributed by atoms with Crippen LogP contribution in [-0.2, 0) is 14.3 Å². The van der Waals surface area contributed by atoms with Crippen LogP contribution in [0.1, 0.15) is 86.0 Å². The molecule has 1 heterocycles. The van der Waals surface area contributed by atoms with Gasteiger partial charge in [0.15, 0.2) is 5.60 Å². The molecule has 5 aliphatic rings. The fourth-order valence-corrected chi connectivity index (χ4v) is 8.18. The predicted octanol–water partition coefficient (Wildman–Crippen LogP) is 4.81. The summed E-state index contributed by atoms with van der Waals surface area (Å²) in [5, 5.41) is 33.9. The van der Waals surface area contributed by atoms with Crippen molar-refractivity contribution in [2.45, 2.75) is 97.7 Å². The lowest BCUT2D eigenvalue weighted by atomic mass is 9.46. The largest absolute Gasteiger partial charge is 0.507 e. The normalized spacial score (nSPS) is 36.8. The quantitative estimate of drug-likeness (QED) is 0.485. The Morgan fingerprint density at radius 3 is 2.33 bits per heavy atom. The second kappa shape index (κ2) is 8.50. The predicted molar refractivity (Wildman–Crippen MR) is 136 cm³/mol. The van der Waals surface area contributed by atoms with Crippen molar-refractivity contribution in [2.75, 3.05) is 13.2 Å². The van der Waals surface area contributed by atoms with Gasteiger partial charge in [-0.2, -0.15) is 0 Å². The van der Waals surface area contributed by atoms with E-state index in [0.717, 1.165) is 67.6 Å². The molecule has 3 N–H and O–H groups in total. The molecule has 1 saturated heterocycles. The first-order valence-electron chi connectivity index (χ1n) is 13.5. The number of ketones is 2. The van der Waals surface area contributed by atoms with E-state index in [1.807, 2.05) is 20.8 Å². The second-order valence-electron chi connectivity index (χ2n) is 12.6. The van der Waals surface area contributed by atoms with Gasteiger partial charge in [0.25, 0.3) is 0 Å². The van der Waals surface area contributed by atoms with Crippen molar-refractivity contribution in [3.8, 4) is 0 Å². The van der Waals surface area contributed by atoms with Gasteiger partial charge in [-0.15, -0.1) is 0 Å². The zero-order valence-corrected chi connectivity index (χ0v) is 22.3. The molecule has 1 aliphatic heterocycles. The summed E-state index contributed by atoms with van der Waals surface area (Å²) in [6.07, 6.45) is 5.16. The molecule has 196 valence electrons. The molecule has 0 spiro atoms. The number of Topliss-reactive ketones (excluding diaryl/α,β-unsaturated/α-hetero) is 2. The van der Waals surface area contributed by atoms with Crippen molar-refractivity contribution in [1.29, 1.82) is 0 Å². The van der Waals surface area contributed by atoms with Crippen LogP contribution in [0.15, 0.2) is 44.8 Å². The second-order valence-corrected chi connectivity index (χ2v) is 12.6. The highest BCUT2D eigenvalue weighted by atomic mass is 16.5. The number of rotatable bonds is 3. The van der Waals surface area contributed by atoms with Crippen LogP contribution in [0, 0.1) is 16.7 Å². The SMILES string of the molecule is CC1=C2C(O)=C3C(=O)C4(O)C(=O)C(C(C)O)=C(C)CC4(C)CC3(C)CC2=C(CC2CCOCC2)CC1. The zero-order valence-electron chi connectivity index (χ0n) is 22.3. The number of hydrogen-bond donors (Lipinski definition) is 3. The first-order valence-corrected chi connectivity index (χ1v) is 13.5. The van der Waals surface area contributed by atoms with Gasteiger partial charge in [-0.05, 0) is 83.6 Å². The van der Waals surface area contributed by atoms with Gasteiger partial charge in [-0.1, -0.05) is 30.6 Å². The molecule has 4 aliphatic carbocycles. The van der Waals surface area contributed by atoms with Crippen LogP contribution in [0.4, 0.5) is 0 Å². The number of aliphatic hydroxyl groups is 3. The van der Waals surface area contributed by atoms with Crippen LogP contribution in [0.2, 0.25) is 0 Å². The standard InChI is InChI=1S/C30H40O6/c1-16-6-7-20(12-19-8-10-36-11-9-19)21-14-28(4)15-29(5)13-17(2)22(18(3)31)26(33)30(29,35)27(34)24(28)25(32)23(16)21/h18-19,31-32,35H,6-15H2,1-5H3. The molecule has 4 unspecified atom stereocenters. The smallest absolute Gasteiger partial charge is 0.203 e. The van der Waals surface area contributed by atoms with Gasteiger partial charge in [0.05, 0.1) is 6.10 Å². The van der Waals surface area contributed by atoms with Gasteiger partial charge < -0.3 is 20.1 Å². The van der Waals surface area contributed by atoms with Gasteiger partial charge in [-0.3, -0.25) is 9.59 Å². The average Bonchev–Trinajstić information content (AvgIpc) is 2.78. The average molecular weight is 497 g/mol.